The van der Waals surface area contributed by atoms with Crippen LogP contribution in [0.4, 0.5) is 0 Å². The Balaban J connectivity index is 2.05. The van der Waals surface area contributed by atoms with Crippen molar-refractivity contribution >= 4 is 0 Å². The third kappa shape index (κ3) is 3.41. The zero-order chi connectivity index (χ0) is 14.8. The van der Waals surface area contributed by atoms with Crippen LogP contribution in [0.5, 0.6) is 0 Å². The van der Waals surface area contributed by atoms with Gasteiger partial charge in [-0.05, 0) is 52.8 Å². The van der Waals surface area contributed by atoms with Gasteiger partial charge in [-0.15, -0.1) is 0 Å². The Morgan fingerprint density at radius 2 is 1.85 bits per heavy atom. The molecular weight excluding hydrogens is 248 g/mol. The molecular formula is C16H30N4. The summed E-state index contributed by atoms with van der Waals surface area (Å²) >= 11 is 0. The summed E-state index contributed by atoms with van der Waals surface area (Å²) in [5, 5.41) is 4.42. The highest BCUT2D eigenvalue weighted by Crippen LogP contribution is 2.24. The summed E-state index contributed by atoms with van der Waals surface area (Å²) < 4.78 is 1.97. The number of rotatable bonds is 4. The molecule has 0 bridgehead atoms. The molecule has 0 aromatic carbocycles. The van der Waals surface area contributed by atoms with Crippen molar-refractivity contribution in [3.8, 4) is 0 Å². The number of nitrogens with zero attached hydrogens (tertiary/aromatic N) is 3. The van der Waals surface area contributed by atoms with Gasteiger partial charge in [0.1, 0.15) is 0 Å². The minimum absolute atomic E-state index is 0.0442. The van der Waals surface area contributed by atoms with E-state index >= 15 is 0 Å². The van der Waals surface area contributed by atoms with Crippen molar-refractivity contribution in [3.63, 3.8) is 0 Å². The Labute approximate surface area is 123 Å². The van der Waals surface area contributed by atoms with Gasteiger partial charge < -0.3 is 5.73 Å². The highest BCUT2D eigenvalue weighted by Gasteiger charge is 2.33. The lowest BCUT2D eigenvalue weighted by molar-refractivity contribution is 0.0972. The molecule has 1 aromatic rings. The molecule has 0 amide bonds. The third-order valence-corrected chi connectivity index (χ3v) is 4.86. The van der Waals surface area contributed by atoms with Gasteiger partial charge in [0.15, 0.2) is 0 Å². The van der Waals surface area contributed by atoms with Gasteiger partial charge in [-0.2, -0.15) is 5.10 Å². The highest BCUT2D eigenvalue weighted by molar-refractivity contribution is 5.12. The zero-order valence-corrected chi connectivity index (χ0v) is 13.5. The van der Waals surface area contributed by atoms with Gasteiger partial charge >= 0.3 is 0 Å². The summed E-state index contributed by atoms with van der Waals surface area (Å²) in [6.07, 6.45) is 6.23. The minimum Gasteiger partial charge on any atom is -0.326 e. The first-order chi connectivity index (χ1) is 9.41. The Hall–Kier alpha value is -0.870. The van der Waals surface area contributed by atoms with E-state index in [2.05, 4.69) is 29.9 Å². The molecule has 1 aliphatic rings. The quantitative estimate of drug-likeness (QED) is 0.919. The van der Waals surface area contributed by atoms with E-state index < -0.39 is 0 Å². The predicted molar refractivity (Wildman–Crippen MR) is 83.7 cm³/mol. The van der Waals surface area contributed by atoms with Crippen LogP contribution in [0.25, 0.3) is 0 Å². The van der Waals surface area contributed by atoms with Crippen LogP contribution >= 0.6 is 0 Å². The van der Waals surface area contributed by atoms with E-state index in [1.807, 2.05) is 18.7 Å². The number of aromatic nitrogens is 2. The summed E-state index contributed by atoms with van der Waals surface area (Å²) in [7, 11) is 2.01. The fourth-order valence-corrected chi connectivity index (χ4v) is 3.21. The van der Waals surface area contributed by atoms with Crippen molar-refractivity contribution in [2.45, 2.75) is 64.5 Å². The van der Waals surface area contributed by atoms with Crippen LogP contribution in [-0.4, -0.2) is 39.4 Å². The van der Waals surface area contributed by atoms with Crippen LogP contribution in [-0.2, 0) is 13.5 Å². The second-order valence-electron chi connectivity index (χ2n) is 6.77. The molecule has 2 rings (SSSR count). The van der Waals surface area contributed by atoms with Crippen molar-refractivity contribution in [2.75, 3.05) is 13.1 Å². The molecule has 0 radical (unpaired) electrons. The lowest BCUT2D eigenvalue weighted by atomic mass is 9.89. The summed E-state index contributed by atoms with van der Waals surface area (Å²) in [6, 6.07) is 2.29. The normalized spacial score (nSPS) is 19.9. The molecule has 1 fully saturated rings. The van der Waals surface area contributed by atoms with E-state index in [4.69, 9.17) is 5.73 Å². The Kier molecular flexibility index (Phi) is 4.86. The average Bonchev–Trinajstić information content (AvgIpc) is 2.61. The van der Waals surface area contributed by atoms with Crippen molar-refractivity contribution in [2.24, 2.45) is 12.8 Å². The number of likely N-dealkylation sites (tertiary alicyclic amines) is 1. The largest absolute Gasteiger partial charge is 0.326 e. The number of hydrogen-bond donors (Lipinski definition) is 1. The molecule has 1 aliphatic heterocycles. The third-order valence-electron chi connectivity index (χ3n) is 4.86. The summed E-state index contributed by atoms with van der Waals surface area (Å²) in [5.41, 5.74) is 8.91. The van der Waals surface area contributed by atoms with E-state index in [1.165, 1.54) is 44.5 Å². The predicted octanol–water partition coefficient (Wildman–Crippen LogP) is 2.25. The maximum absolute atomic E-state index is 6.56. The van der Waals surface area contributed by atoms with Gasteiger partial charge in [0.05, 0.1) is 5.69 Å². The fourth-order valence-electron chi connectivity index (χ4n) is 3.21. The van der Waals surface area contributed by atoms with Crippen molar-refractivity contribution in [3.05, 3.63) is 17.5 Å². The van der Waals surface area contributed by atoms with Gasteiger partial charge in [0, 0.05) is 30.7 Å². The first kappa shape index (κ1) is 15.5. The molecule has 0 aliphatic carbocycles. The Bertz CT molecular complexity index is 428. The second-order valence-corrected chi connectivity index (χ2v) is 6.77. The summed E-state index contributed by atoms with van der Waals surface area (Å²) in [4.78, 5) is 2.59. The highest BCUT2D eigenvalue weighted by atomic mass is 15.3. The minimum atomic E-state index is 0.0442. The molecule has 0 spiro atoms. The molecule has 1 saturated heterocycles. The molecule has 4 nitrogen and oxygen atoms in total. The first-order valence-electron chi connectivity index (χ1n) is 7.91. The molecule has 20 heavy (non-hydrogen) atoms. The van der Waals surface area contributed by atoms with E-state index in [1.54, 1.807) is 0 Å². The van der Waals surface area contributed by atoms with Crippen molar-refractivity contribution in [1.29, 1.82) is 0 Å². The van der Waals surface area contributed by atoms with Gasteiger partial charge in [-0.3, -0.25) is 9.58 Å². The number of hydrogen-bond acceptors (Lipinski definition) is 3. The van der Waals surface area contributed by atoms with Crippen LogP contribution in [0.3, 0.4) is 0 Å². The lowest BCUT2D eigenvalue weighted by Crippen LogP contribution is -2.57. The molecule has 114 valence electrons. The van der Waals surface area contributed by atoms with Gasteiger partial charge in [-0.25, -0.2) is 0 Å². The zero-order valence-electron chi connectivity index (χ0n) is 13.5. The summed E-state index contributed by atoms with van der Waals surface area (Å²) in [5.74, 6) is 0. The molecule has 2 heterocycles. The standard InChI is InChI=1S/C16H30N4/c1-13-11-14(19(4)18-13)12-15(17)16(2,3)20-9-7-5-6-8-10-20/h11,15H,5-10,12,17H2,1-4H3. The van der Waals surface area contributed by atoms with Gasteiger partial charge in [-0.1, -0.05) is 12.8 Å². The fraction of sp³-hybridized carbons (Fsp3) is 0.812. The number of nitrogens with two attached hydrogens (primary N) is 1. The van der Waals surface area contributed by atoms with Crippen LogP contribution < -0.4 is 5.73 Å². The van der Waals surface area contributed by atoms with E-state index in [9.17, 15) is 0 Å². The molecule has 2 N–H and O–H groups in total. The van der Waals surface area contributed by atoms with E-state index in [-0.39, 0.29) is 11.6 Å². The smallest absolute Gasteiger partial charge is 0.0596 e. The molecule has 1 aromatic heterocycles. The average molecular weight is 278 g/mol. The van der Waals surface area contributed by atoms with Crippen molar-refractivity contribution in [1.82, 2.24) is 14.7 Å². The SMILES string of the molecule is Cc1cc(CC(N)C(C)(C)N2CCCCCC2)n(C)n1. The van der Waals surface area contributed by atoms with Gasteiger partial charge in [0.25, 0.3) is 0 Å². The maximum atomic E-state index is 6.56. The first-order valence-corrected chi connectivity index (χ1v) is 7.91. The molecule has 1 unspecified atom stereocenters. The van der Waals surface area contributed by atoms with E-state index in [0.29, 0.717) is 0 Å². The van der Waals surface area contributed by atoms with Crippen molar-refractivity contribution < 1.29 is 0 Å². The summed E-state index contributed by atoms with van der Waals surface area (Å²) in [6.45, 7) is 9.00. The lowest BCUT2D eigenvalue weighted by Gasteiger charge is -2.42. The Morgan fingerprint density at radius 1 is 1.25 bits per heavy atom. The molecule has 4 heteroatoms. The maximum Gasteiger partial charge on any atom is 0.0596 e. The molecule has 1 atom stereocenters. The van der Waals surface area contributed by atoms with Crippen LogP contribution in [0, 0.1) is 6.92 Å². The van der Waals surface area contributed by atoms with E-state index in [0.717, 1.165) is 12.1 Å². The Morgan fingerprint density at radius 3 is 2.35 bits per heavy atom. The number of aryl methyl sites for hydroxylation is 2. The van der Waals surface area contributed by atoms with Crippen LogP contribution in [0.2, 0.25) is 0 Å². The monoisotopic (exact) mass is 278 g/mol. The molecule has 0 saturated carbocycles. The second kappa shape index (κ2) is 6.27. The van der Waals surface area contributed by atoms with Crippen LogP contribution in [0.1, 0.15) is 50.9 Å². The van der Waals surface area contributed by atoms with Gasteiger partial charge in [0.2, 0.25) is 0 Å². The topological polar surface area (TPSA) is 47.1 Å². The van der Waals surface area contributed by atoms with Crippen LogP contribution in [0.15, 0.2) is 6.07 Å².